The van der Waals surface area contributed by atoms with Crippen molar-refractivity contribution in [3.8, 4) is 0 Å². The quantitative estimate of drug-likeness (QED) is 0.768. The van der Waals surface area contributed by atoms with Gasteiger partial charge in [0.15, 0.2) is 0 Å². The zero-order valence-corrected chi connectivity index (χ0v) is 10.4. The molecule has 1 aromatic rings. The zero-order valence-electron chi connectivity index (χ0n) is 9.54. The van der Waals surface area contributed by atoms with Crippen molar-refractivity contribution in [1.29, 1.82) is 0 Å². The fourth-order valence-corrected chi connectivity index (χ4v) is 2.83. The first-order valence-electron chi connectivity index (χ1n) is 5.04. The van der Waals surface area contributed by atoms with Crippen molar-refractivity contribution in [2.75, 3.05) is 12.8 Å². The summed E-state index contributed by atoms with van der Waals surface area (Å²) in [7, 11) is -1.71. The Bertz CT molecular complexity index is 575. The molecule has 0 aliphatic carbocycles. The van der Waals surface area contributed by atoms with Gasteiger partial charge in [0, 0.05) is 19.2 Å². The van der Waals surface area contributed by atoms with Crippen LogP contribution < -0.4 is 0 Å². The lowest BCUT2D eigenvalue weighted by molar-refractivity contribution is 0.0683. The highest BCUT2D eigenvalue weighted by Crippen LogP contribution is 2.22. The molecule has 1 aromatic heterocycles. The lowest BCUT2D eigenvalue weighted by Gasteiger charge is -2.23. The number of hydrogen-bond acceptors (Lipinski definition) is 4. The number of carboxylic acids is 1. The molecule has 2 heterocycles. The van der Waals surface area contributed by atoms with Crippen molar-refractivity contribution >= 4 is 16.0 Å². The Hall–Kier alpha value is -1.41. The third-order valence-corrected chi connectivity index (χ3v) is 4.09. The summed E-state index contributed by atoms with van der Waals surface area (Å²) in [5.41, 5.74) is 1.31. The monoisotopic (exact) mass is 259 g/mol. The first kappa shape index (κ1) is 12.1. The SMILES string of the molecule is Cn1nc2c(c1C(=O)O)CCN(S(C)(=O)=O)C2. The van der Waals surface area contributed by atoms with Crippen LogP contribution in [0.2, 0.25) is 0 Å². The van der Waals surface area contributed by atoms with Crippen LogP contribution in [-0.2, 0) is 30.0 Å². The highest BCUT2D eigenvalue weighted by Gasteiger charge is 2.30. The van der Waals surface area contributed by atoms with E-state index in [-0.39, 0.29) is 12.2 Å². The second kappa shape index (κ2) is 3.81. The minimum Gasteiger partial charge on any atom is -0.477 e. The molecule has 0 amide bonds. The molecule has 0 aromatic carbocycles. The maximum Gasteiger partial charge on any atom is 0.354 e. The standard InChI is InChI=1S/C9H13N3O4S/c1-11-8(9(13)14)6-3-4-12(17(2,15)16)5-7(6)10-11/h3-5H2,1-2H3,(H,13,14). The van der Waals surface area contributed by atoms with Crippen LogP contribution in [-0.4, -0.2) is 46.4 Å². The van der Waals surface area contributed by atoms with Crippen molar-refractivity contribution in [3.05, 3.63) is 17.0 Å². The van der Waals surface area contributed by atoms with E-state index in [9.17, 15) is 13.2 Å². The first-order valence-corrected chi connectivity index (χ1v) is 6.88. The van der Waals surface area contributed by atoms with Crippen molar-refractivity contribution in [3.63, 3.8) is 0 Å². The number of carboxylic acid groups (broad SMARTS) is 1. The predicted molar refractivity (Wildman–Crippen MR) is 59.1 cm³/mol. The maximum absolute atomic E-state index is 11.4. The van der Waals surface area contributed by atoms with Gasteiger partial charge in [-0.25, -0.2) is 13.2 Å². The van der Waals surface area contributed by atoms with Crippen LogP contribution in [0.4, 0.5) is 0 Å². The van der Waals surface area contributed by atoms with E-state index < -0.39 is 16.0 Å². The normalized spacial score (nSPS) is 16.8. The zero-order chi connectivity index (χ0) is 12.8. The molecule has 8 heteroatoms. The molecule has 0 saturated carbocycles. The molecule has 1 N–H and O–H groups in total. The summed E-state index contributed by atoms with van der Waals surface area (Å²) in [4.78, 5) is 11.0. The summed E-state index contributed by atoms with van der Waals surface area (Å²) in [6, 6.07) is 0. The smallest absolute Gasteiger partial charge is 0.354 e. The Morgan fingerprint density at radius 1 is 1.47 bits per heavy atom. The summed E-state index contributed by atoms with van der Waals surface area (Å²) < 4.78 is 25.4. The fraction of sp³-hybridized carbons (Fsp3) is 0.556. The topological polar surface area (TPSA) is 92.5 Å². The lowest BCUT2D eigenvalue weighted by Crippen LogP contribution is -2.35. The van der Waals surface area contributed by atoms with Gasteiger partial charge in [0.1, 0.15) is 5.69 Å². The van der Waals surface area contributed by atoms with Crippen LogP contribution in [0, 0.1) is 0 Å². The number of sulfonamides is 1. The maximum atomic E-state index is 11.4. The summed E-state index contributed by atoms with van der Waals surface area (Å²) in [6.45, 7) is 0.451. The number of fused-ring (bicyclic) bond motifs is 1. The van der Waals surface area contributed by atoms with Crippen molar-refractivity contribution in [1.82, 2.24) is 14.1 Å². The minimum absolute atomic E-state index is 0.146. The van der Waals surface area contributed by atoms with E-state index in [2.05, 4.69) is 5.10 Å². The second-order valence-electron chi connectivity index (χ2n) is 4.05. The Kier molecular flexibility index (Phi) is 2.70. The largest absolute Gasteiger partial charge is 0.477 e. The molecular weight excluding hydrogens is 246 g/mol. The lowest BCUT2D eigenvalue weighted by atomic mass is 10.1. The molecule has 7 nitrogen and oxygen atoms in total. The van der Waals surface area contributed by atoms with Gasteiger partial charge in [-0.1, -0.05) is 0 Å². The Morgan fingerprint density at radius 2 is 2.12 bits per heavy atom. The molecule has 94 valence electrons. The van der Waals surface area contributed by atoms with E-state index in [0.717, 1.165) is 6.26 Å². The summed E-state index contributed by atoms with van der Waals surface area (Å²) in [5, 5.41) is 13.1. The van der Waals surface area contributed by atoms with Gasteiger partial charge in [-0.05, 0) is 6.42 Å². The fourth-order valence-electron chi connectivity index (χ4n) is 2.05. The van der Waals surface area contributed by atoms with Gasteiger partial charge in [-0.15, -0.1) is 0 Å². The van der Waals surface area contributed by atoms with Crippen LogP contribution in [0.5, 0.6) is 0 Å². The number of rotatable bonds is 2. The number of aromatic nitrogens is 2. The molecule has 1 aliphatic heterocycles. The van der Waals surface area contributed by atoms with Gasteiger partial charge in [0.25, 0.3) is 0 Å². The number of hydrogen-bond donors (Lipinski definition) is 1. The first-order chi connectivity index (χ1) is 7.80. The Morgan fingerprint density at radius 3 is 2.65 bits per heavy atom. The van der Waals surface area contributed by atoms with E-state index in [4.69, 9.17) is 5.11 Å². The van der Waals surface area contributed by atoms with E-state index in [1.54, 1.807) is 7.05 Å². The summed E-state index contributed by atoms with van der Waals surface area (Å²) in [5.74, 6) is -1.03. The van der Waals surface area contributed by atoms with Crippen molar-refractivity contribution in [2.45, 2.75) is 13.0 Å². The average molecular weight is 259 g/mol. The van der Waals surface area contributed by atoms with Crippen LogP contribution in [0.1, 0.15) is 21.7 Å². The highest BCUT2D eigenvalue weighted by atomic mass is 32.2. The van der Waals surface area contributed by atoms with E-state index >= 15 is 0 Å². The van der Waals surface area contributed by atoms with Gasteiger partial charge in [0.05, 0.1) is 18.5 Å². The predicted octanol–water partition coefficient (Wildman–Crippen LogP) is -0.564. The number of nitrogens with zero attached hydrogens (tertiary/aromatic N) is 3. The van der Waals surface area contributed by atoms with Crippen LogP contribution >= 0.6 is 0 Å². The molecule has 0 unspecified atom stereocenters. The number of aromatic carboxylic acids is 1. The molecule has 0 bridgehead atoms. The average Bonchev–Trinajstić information content (AvgIpc) is 2.50. The van der Waals surface area contributed by atoms with E-state index in [0.29, 0.717) is 24.2 Å². The highest BCUT2D eigenvalue weighted by molar-refractivity contribution is 7.88. The molecule has 0 atom stereocenters. The molecule has 0 spiro atoms. The van der Waals surface area contributed by atoms with E-state index in [1.807, 2.05) is 0 Å². The van der Waals surface area contributed by atoms with Gasteiger partial charge in [0.2, 0.25) is 10.0 Å². The van der Waals surface area contributed by atoms with E-state index in [1.165, 1.54) is 8.99 Å². The molecule has 0 fully saturated rings. The van der Waals surface area contributed by atoms with Gasteiger partial charge >= 0.3 is 5.97 Å². The van der Waals surface area contributed by atoms with Crippen molar-refractivity contribution in [2.24, 2.45) is 7.05 Å². The number of carbonyl (C=O) groups is 1. The third kappa shape index (κ3) is 2.05. The number of aryl methyl sites for hydroxylation is 1. The minimum atomic E-state index is -3.26. The summed E-state index contributed by atoms with van der Waals surface area (Å²) >= 11 is 0. The van der Waals surface area contributed by atoms with Crippen LogP contribution in [0.15, 0.2) is 0 Å². The second-order valence-corrected chi connectivity index (χ2v) is 6.03. The van der Waals surface area contributed by atoms with Crippen LogP contribution in [0.25, 0.3) is 0 Å². The van der Waals surface area contributed by atoms with Crippen molar-refractivity contribution < 1.29 is 18.3 Å². The molecule has 2 rings (SSSR count). The Labute approximate surface area is 98.7 Å². The van der Waals surface area contributed by atoms with Gasteiger partial charge in [-0.3, -0.25) is 4.68 Å². The molecule has 17 heavy (non-hydrogen) atoms. The molecular formula is C9H13N3O4S. The van der Waals surface area contributed by atoms with Crippen LogP contribution in [0.3, 0.4) is 0 Å². The molecule has 0 saturated heterocycles. The third-order valence-electron chi connectivity index (χ3n) is 2.84. The van der Waals surface area contributed by atoms with Gasteiger partial charge in [-0.2, -0.15) is 9.40 Å². The Balaban J connectivity index is 2.42. The van der Waals surface area contributed by atoms with Gasteiger partial charge < -0.3 is 5.11 Å². The molecule has 0 radical (unpaired) electrons. The summed E-state index contributed by atoms with van der Waals surface area (Å²) in [6.07, 6.45) is 1.52. The molecule has 1 aliphatic rings.